The van der Waals surface area contributed by atoms with Crippen LogP contribution in [0.3, 0.4) is 0 Å². The molecule has 0 N–H and O–H groups in total. The molecule has 3 amide bonds. The summed E-state index contributed by atoms with van der Waals surface area (Å²) in [5.41, 5.74) is -1.16. The van der Waals surface area contributed by atoms with E-state index in [-0.39, 0.29) is 37.3 Å². The van der Waals surface area contributed by atoms with Crippen molar-refractivity contribution in [2.45, 2.75) is 46.1 Å². The van der Waals surface area contributed by atoms with Crippen molar-refractivity contribution in [3.63, 3.8) is 0 Å². The van der Waals surface area contributed by atoms with Crippen LogP contribution in [-0.4, -0.2) is 52.9 Å². The molecule has 1 saturated heterocycles. The molecule has 0 spiro atoms. The van der Waals surface area contributed by atoms with Gasteiger partial charge in [-0.3, -0.25) is 19.3 Å². The second kappa shape index (κ2) is 5.83. The Morgan fingerprint density at radius 2 is 1.68 bits per heavy atom. The quantitative estimate of drug-likeness (QED) is 0.735. The van der Waals surface area contributed by atoms with Crippen molar-refractivity contribution in [3.05, 3.63) is 12.2 Å². The van der Waals surface area contributed by atoms with Crippen molar-refractivity contribution in [1.29, 1.82) is 0 Å². The first kappa shape index (κ1) is 16.7. The Labute approximate surface area is 131 Å². The summed E-state index contributed by atoms with van der Waals surface area (Å²) in [4.78, 5) is 39.2. The van der Waals surface area contributed by atoms with E-state index in [1.54, 1.807) is 11.0 Å². The Morgan fingerprint density at radius 3 is 2.27 bits per heavy atom. The number of hydrogen-bond donors (Lipinski definition) is 0. The number of nitrogens with zero attached hydrogens (tertiary/aromatic N) is 2. The molecule has 2 aliphatic rings. The number of ether oxygens (including phenoxy) is 1. The topological polar surface area (TPSA) is 66.9 Å². The molecule has 0 aromatic heterocycles. The zero-order chi connectivity index (χ0) is 16.5. The van der Waals surface area contributed by atoms with Crippen molar-refractivity contribution in [2.75, 3.05) is 19.9 Å². The van der Waals surface area contributed by atoms with Gasteiger partial charge in [-0.05, 0) is 13.8 Å². The Morgan fingerprint density at radius 1 is 1.09 bits per heavy atom. The van der Waals surface area contributed by atoms with Gasteiger partial charge < -0.3 is 9.64 Å². The maximum atomic E-state index is 12.1. The highest BCUT2D eigenvalue weighted by Crippen LogP contribution is 2.39. The van der Waals surface area contributed by atoms with Gasteiger partial charge in [-0.25, -0.2) is 0 Å². The van der Waals surface area contributed by atoms with Crippen LogP contribution in [0.25, 0.3) is 0 Å². The third kappa shape index (κ3) is 2.92. The average Bonchev–Trinajstić information content (AvgIpc) is 2.63. The van der Waals surface area contributed by atoms with E-state index in [2.05, 4.69) is 0 Å². The normalized spacial score (nSPS) is 20.8. The van der Waals surface area contributed by atoms with Crippen molar-refractivity contribution in [3.8, 4) is 0 Å². The lowest BCUT2D eigenvalue weighted by Gasteiger charge is -2.48. The molecule has 2 aliphatic heterocycles. The summed E-state index contributed by atoms with van der Waals surface area (Å²) in [6.07, 6.45) is 3.73. The smallest absolute Gasteiger partial charge is 0.248 e. The molecule has 0 bridgehead atoms. The van der Waals surface area contributed by atoms with Gasteiger partial charge in [0.05, 0.1) is 12.1 Å². The fourth-order valence-electron chi connectivity index (χ4n) is 2.85. The minimum atomic E-state index is -0.687. The first-order chi connectivity index (χ1) is 10.2. The van der Waals surface area contributed by atoms with Crippen LogP contribution < -0.4 is 0 Å². The van der Waals surface area contributed by atoms with Crippen molar-refractivity contribution in [2.24, 2.45) is 5.41 Å². The van der Waals surface area contributed by atoms with Crippen LogP contribution in [0, 0.1) is 5.41 Å². The molecule has 0 atom stereocenters. The Balaban J connectivity index is 2.20. The standard InChI is InChI=1S/C16H24N2O4/c1-15(2,10-17-11-22-9-5-6-12(17)19)16(3,4)18-13(20)7-8-14(18)21/h5-6H,7-11H2,1-4H3. The van der Waals surface area contributed by atoms with Crippen LogP contribution in [-0.2, 0) is 19.1 Å². The summed E-state index contributed by atoms with van der Waals surface area (Å²) in [6.45, 7) is 8.73. The maximum Gasteiger partial charge on any atom is 0.248 e. The summed E-state index contributed by atoms with van der Waals surface area (Å²) in [5.74, 6) is -0.386. The van der Waals surface area contributed by atoms with Crippen LogP contribution in [0.1, 0.15) is 40.5 Å². The molecule has 2 rings (SSSR count). The van der Waals surface area contributed by atoms with Gasteiger partial charge in [0.1, 0.15) is 6.73 Å². The van der Waals surface area contributed by atoms with E-state index in [4.69, 9.17) is 4.74 Å². The van der Waals surface area contributed by atoms with Crippen LogP contribution in [0.15, 0.2) is 12.2 Å². The number of carbonyl (C=O) groups is 3. The Kier molecular flexibility index (Phi) is 4.42. The van der Waals surface area contributed by atoms with E-state index in [1.165, 1.54) is 11.0 Å². The van der Waals surface area contributed by atoms with E-state index < -0.39 is 11.0 Å². The van der Waals surface area contributed by atoms with Crippen molar-refractivity contribution in [1.82, 2.24) is 9.80 Å². The Hall–Kier alpha value is -1.69. The Bertz CT molecular complexity index is 506. The molecule has 0 unspecified atom stereocenters. The summed E-state index contributed by atoms with van der Waals surface area (Å²) >= 11 is 0. The predicted octanol–water partition coefficient (Wildman–Crippen LogP) is 1.31. The van der Waals surface area contributed by atoms with E-state index in [1.807, 2.05) is 27.7 Å². The summed E-state index contributed by atoms with van der Waals surface area (Å²) in [7, 11) is 0. The zero-order valence-corrected chi connectivity index (χ0v) is 13.7. The molecule has 0 aromatic rings. The van der Waals surface area contributed by atoms with Gasteiger partial charge in [0, 0.05) is 30.9 Å². The monoisotopic (exact) mass is 308 g/mol. The predicted molar refractivity (Wildman–Crippen MR) is 80.6 cm³/mol. The highest BCUT2D eigenvalue weighted by Gasteiger charge is 2.49. The third-order valence-corrected chi connectivity index (χ3v) is 4.89. The van der Waals surface area contributed by atoms with Crippen LogP contribution in [0.4, 0.5) is 0 Å². The van der Waals surface area contributed by atoms with Crippen LogP contribution in [0.5, 0.6) is 0 Å². The van der Waals surface area contributed by atoms with Gasteiger partial charge in [-0.1, -0.05) is 19.9 Å². The fourth-order valence-corrected chi connectivity index (χ4v) is 2.85. The molecule has 2 heterocycles. The highest BCUT2D eigenvalue weighted by atomic mass is 16.5. The first-order valence-corrected chi connectivity index (χ1v) is 7.56. The van der Waals surface area contributed by atoms with Crippen LogP contribution in [0.2, 0.25) is 0 Å². The number of imide groups is 1. The molecule has 22 heavy (non-hydrogen) atoms. The van der Waals surface area contributed by atoms with E-state index >= 15 is 0 Å². The van der Waals surface area contributed by atoms with Crippen LogP contribution >= 0.6 is 0 Å². The number of carbonyl (C=O) groups excluding carboxylic acids is 3. The molecule has 6 nitrogen and oxygen atoms in total. The molecule has 0 aliphatic carbocycles. The third-order valence-electron chi connectivity index (χ3n) is 4.89. The van der Waals surface area contributed by atoms with Crippen molar-refractivity contribution < 1.29 is 19.1 Å². The number of likely N-dealkylation sites (tertiary alicyclic amines) is 1. The molecular weight excluding hydrogens is 284 g/mol. The highest BCUT2D eigenvalue weighted by molar-refractivity contribution is 6.02. The van der Waals surface area contributed by atoms with E-state index in [0.29, 0.717) is 13.2 Å². The molecule has 0 radical (unpaired) electrons. The average molecular weight is 308 g/mol. The van der Waals surface area contributed by atoms with Gasteiger partial charge >= 0.3 is 0 Å². The summed E-state index contributed by atoms with van der Waals surface area (Å²) < 4.78 is 5.37. The number of rotatable bonds is 4. The minimum Gasteiger partial charge on any atom is -0.357 e. The van der Waals surface area contributed by atoms with E-state index in [0.717, 1.165) is 0 Å². The lowest BCUT2D eigenvalue weighted by Crippen LogP contribution is -2.59. The SMILES string of the molecule is CC(C)(CN1COCC=CC1=O)C(C)(C)N1C(=O)CCC1=O. The molecule has 0 saturated carbocycles. The second-order valence-electron chi connectivity index (χ2n) is 7.00. The zero-order valence-electron chi connectivity index (χ0n) is 13.7. The van der Waals surface area contributed by atoms with Gasteiger partial charge in [0.15, 0.2) is 0 Å². The van der Waals surface area contributed by atoms with E-state index in [9.17, 15) is 14.4 Å². The lowest BCUT2D eigenvalue weighted by atomic mass is 9.73. The van der Waals surface area contributed by atoms with Gasteiger partial charge in [0.25, 0.3) is 0 Å². The summed E-state index contributed by atoms with van der Waals surface area (Å²) in [6, 6.07) is 0. The van der Waals surface area contributed by atoms with Gasteiger partial charge in [0.2, 0.25) is 17.7 Å². The molecule has 0 aromatic carbocycles. The summed E-state index contributed by atoms with van der Waals surface area (Å²) in [5, 5.41) is 0. The molecule has 6 heteroatoms. The number of hydrogen-bond acceptors (Lipinski definition) is 4. The van der Waals surface area contributed by atoms with Gasteiger partial charge in [-0.15, -0.1) is 0 Å². The number of amides is 3. The first-order valence-electron chi connectivity index (χ1n) is 7.56. The minimum absolute atomic E-state index is 0.111. The molecular formula is C16H24N2O4. The largest absolute Gasteiger partial charge is 0.357 e. The molecule has 122 valence electrons. The molecule has 1 fully saturated rings. The fraction of sp³-hybridized carbons (Fsp3) is 0.688. The second-order valence-corrected chi connectivity index (χ2v) is 7.00. The van der Waals surface area contributed by atoms with Crippen molar-refractivity contribution >= 4 is 17.7 Å². The van der Waals surface area contributed by atoms with Gasteiger partial charge in [-0.2, -0.15) is 0 Å². The maximum absolute atomic E-state index is 12.1. The lowest BCUT2D eigenvalue weighted by molar-refractivity contribution is -0.151.